The van der Waals surface area contributed by atoms with Crippen LogP contribution in [0.3, 0.4) is 0 Å². The quantitative estimate of drug-likeness (QED) is 0.391. The molecule has 1 aromatic rings. The van der Waals surface area contributed by atoms with Crippen LogP contribution in [0.1, 0.15) is 10.4 Å². The second-order valence-corrected chi connectivity index (χ2v) is 3.27. The van der Waals surface area contributed by atoms with E-state index in [0.29, 0.717) is 21.4 Å². The normalized spacial score (nSPS) is 13.0. The zero-order valence-corrected chi connectivity index (χ0v) is 8.70. The van der Waals surface area contributed by atoms with Crippen molar-refractivity contribution in [2.24, 2.45) is 0 Å². The summed E-state index contributed by atoms with van der Waals surface area (Å²) in [5.74, 6) is 0.606. The van der Waals surface area contributed by atoms with Crippen molar-refractivity contribution in [3.63, 3.8) is 0 Å². The standard InChI is InChI=1S/C8H6INO3/c9-4-6(11)5-2-1-3-7-8(5)10-13-12-7/h1-3,10H,4H2. The molecule has 1 aromatic carbocycles. The summed E-state index contributed by atoms with van der Waals surface area (Å²) >= 11 is 2.02. The summed E-state index contributed by atoms with van der Waals surface area (Å²) in [5, 5.41) is 0. The fourth-order valence-corrected chi connectivity index (χ4v) is 1.53. The Kier molecular flexibility index (Phi) is 2.36. The van der Waals surface area contributed by atoms with Crippen molar-refractivity contribution in [1.82, 2.24) is 0 Å². The van der Waals surface area contributed by atoms with E-state index in [1.807, 2.05) is 22.6 Å². The van der Waals surface area contributed by atoms with Crippen LogP contribution in [0.5, 0.6) is 5.75 Å². The minimum Gasteiger partial charge on any atom is -0.312 e. The Balaban J connectivity index is 2.47. The number of fused-ring (bicyclic) bond motifs is 1. The van der Waals surface area contributed by atoms with Gasteiger partial charge in [-0.25, -0.2) is 5.48 Å². The second-order valence-electron chi connectivity index (χ2n) is 2.50. The van der Waals surface area contributed by atoms with Crippen LogP contribution in [0, 0.1) is 0 Å². The number of ketones is 1. The van der Waals surface area contributed by atoms with Gasteiger partial charge in [-0.05, 0) is 12.1 Å². The van der Waals surface area contributed by atoms with Crippen molar-refractivity contribution in [1.29, 1.82) is 0 Å². The monoisotopic (exact) mass is 291 g/mol. The lowest BCUT2D eigenvalue weighted by Gasteiger charge is -2.00. The van der Waals surface area contributed by atoms with E-state index in [9.17, 15) is 4.79 Å². The maximum atomic E-state index is 11.4. The van der Waals surface area contributed by atoms with Crippen molar-refractivity contribution >= 4 is 34.1 Å². The smallest absolute Gasteiger partial charge is 0.194 e. The van der Waals surface area contributed by atoms with Crippen LogP contribution in [-0.4, -0.2) is 10.2 Å². The van der Waals surface area contributed by atoms with E-state index in [1.165, 1.54) is 0 Å². The molecular weight excluding hydrogens is 285 g/mol. The third-order valence-corrected chi connectivity index (χ3v) is 2.42. The van der Waals surface area contributed by atoms with Crippen LogP contribution in [0.4, 0.5) is 5.69 Å². The first kappa shape index (κ1) is 8.76. The van der Waals surface area contributed by atoms with Gasteiger partial charge in [0.25, 0.3) is 0 Å². The maximum absolute atomic E-state index is 11.4. The molecule has 0 aromatic heterocycles. The highest BCUT2D eigenvalue weighted by molar-refractivity contribution is 14.1. The highest BCUT2D eigenvalue weighted by Gasteiger charge is 2.20. The van der Waals surface area contributed by atoms with Crippen LogP contribution in [0.2, 0.25) is 0 Å². The van der Waals surface area contributed by atoms with Gasteiger partial charge in [0.2, 0.25) is 0 Å². The van der Waals surface area contributed by atoms with E-state index in [0.717, 1.165) is 0 Å². The molecule has 0 saturated heterocycles. The van der Waals surface area contributed by atoms with Gasteiger partial charge in [-0.3, -0.25) is 4.79 Å². The van der Waals surface area contributed by atoms with Gasteiger partial charge < -0.3 is 4.89 Å². The molecule has 0 amide bonds. The molecule has 0 atom stereocenters. The van der Waals surface area contributed by atoms with E-state index in [4.69, 9.17) is 4.89 Å². The van der Waals surface area contributed by atoms with E-state index < -0.39 is 0 Å². The first-order valence-corrected chi connectivity index (χ1v) is 5.17. The van der Waals surface area contributed by atoms with E-state index in [1.54, 1.807) is 18.2 Å². The Hall–Kier alpha value is -0.820. The van der Waals surface area contributed by atoms with Crippen LogP contribution >= 0.6 is 22.6 Å². The topological polar surface area (TPSA) is 47.6 Å². The minimum atomic E-state index is 0.0547. The van der Waals surface area contributed by atoms with Gasteiger partial charge in [0.05, 0.1) is 4.43 Å². The molecule has 1 aliphatic rings. The van der Waals surface area contributed by atoms with Crippen LogP contribution in [-0.2, 0) is 4.99 Å². The molecule has 0 spiro atoms. The molecule has 1 aliphatic heterocycles. The molecule has 13 heavy (non-hydrogen) atoms. The molecule has 2 rings (SSSR count). The maximum Gasteiger partial charge on any atom is 0.194 e. The molecular formula is C8H6INO3. The summed E-state index contributed by atoms with van der Waals surface area (Å²) in [6.45, 7) is 0. The number of halogens is 1. The molecule has 68 valence electrons. The summed E-state index contributed by atoms with van der Waals surface area (Å²) in [4.78, 5) is 20.7. The van der Waals surface area contributed by atoms with Gasteiger partial charge in [-0.2, -0.15) is 0 Å². The number of alkyl halides is 1. The van der Waals surface area contributed by atoms with Crippen molar-refractivity contribution in [2.75, 3.05) is 9.91 Å². The minimum absolute atomic E-state index is 0.0547. The molecule has 4 nitrogen and oxygen atoms in total. The number of nitrogens with one attached hydrogen (secondary N) is 1. The van der Waals surface area contributed by atoms with Crippen molar-refractivity contribution in [3.05, 3.63) is 23.8 Å². The van der Waals surface area contributed by atoms with Gasteiger partial charge in [0.15, 0.2) is 11.5 Å². The van der Waals surface area contributed by atoms with Gasteiger partial charge in [0, 0.05) is 5.56 Å². The lowest BCUT2D eigenvalue weighted by atomic mass is 10.1. The Morgan fingerprint density at radius 3 is 3.15 bits per heavy atom. The SMILES string of the molecule is O=C(CI)c1cccc2c1NOO2. The van der Waals surface area contributed by atoms with Crippen LogP contribution < -0.4 is 10.4 Å². The van der Waals surface area contributed by atoms with Crippen LogP contribution in [0.15, 0.2) is 18.2 Å². The summed E-state index contributed by atoms with van der Waals surface area (Å²) in [7, 11) is 0. The van der Waals surface area contributed by atoms with E-state index >= 15 is 0 Å². The molecule has 1 N–H and O–H groups in total. The largest absolute Gasteiger partial charge is 0.312 e. The molecule has 0 saturated carbocycles. The number of rotatable bonds is 2. The number of para-hydroxylation sites is 1. The van der Waals surface area contributed by atoms with E-state index in [2.05, 4.69) is 10.5 Å². The summed E-state index contributed by atoms with van der Waals surface area (Å²) in [6, 6.07) is 5.24. The molecule has 0 unspecified atom stereocenters. The number of hydrogen-bond donors (Lipinski definition) is 1. The zero-order valence-electron chi connectivity index (χ0n) is 6.54. The Morgan fingerprint density at radius 1 is 1.54 bits per heavy atom. The lowest BCUT2D eigenvalue weighted by Crippen LogP contribution is -2.03. The number of hydrogen-bond acceptors (Lipinski definition) is 4. The molecule has 0 aliphatic carbocycles. The number of Topliss-reactive ketones (excluding diaryl/α,β-unsaturated/α-hetero) is 1. The van der Waals surface area contributed by atoms with Gasteiger partial charge in [-0.15, -0.1) is 0 Å². The molecule has 0 fully saturated rings. The van der Waals surface area contributed by atoms with Crippen LogP contribution in [0.25, 0.3) is 0 Å². The number of carbonyl (C=O) groups is 1. The number of benzene rings is 1. The Labute approximate surface area is 88.2 Å². The molecule has 0 radical (unpaired) electrons. The molecule has 5 heteroatoms. The number of carbonyl (C=O) groups excluding carboxylic acids is 1. The summed E-state index contributed by atoms with van der Waals surface area (Å²) in [5.41, 5.74) is 3.75. The highest BCUT2D eigenvalue weighted by atomic mass is 127. The van der Waals surface area contributed by atoms with Crippen molar-refractivity contribution in [3.8, 4) is 5.75 Å². The van der Waals surface area contributed by atoms with Gasteiger partial charge >= 0.3 is 0 Å². The predicted octanol–water partition coefficient (Wildman–Crippen LogP) is 1.96. The first-order valence-electron chi connectivity index (χ1n) is 3.64. The van der Waals surface area contributed by atoms with E-state index in [-0.39, 0.29) is 5.78 Å². The fraction of sp³-hybridized carbons (Fsp3) is 0.125. The summed E-state index contributed by atoms with van der Waals surface area (Å²) < 4.78 is 0.440. The highest BCUT2D eigenvalue weighted by Crippen LogP contribution is 2.33. The molecule has 0 bridgehead atoms. The number of anilines is 1. The van der Waals surface area contributed by atoms with Crippen molar-refractivity contribution in [2.45, 2.75) is 0 Å². The zero-order chi connectivity index (χ0) is 9.26. The van der Waals surface area contributed by atoms with Gasteiger partial charge in [0.1, 0.15) is 5.69 Å². The first-order chi connectivity index (χ1) is 6.33. The third kappa shape index (κ3) is 1.49. The lowest BCUT2D eigenvalue weighted by molar-refractivity contribution is -0.160. The predicted molar refractivity (Wildman–Crippen MR) is 55.0 cm³/mol. The molecule has 1 heterocycles. The Bertz CT molecular complexity index is 353. The Morgan fingerprint density at radius 2 is 2.38 bits per heavy atom. The average Bonchev–Trinajstić information content (AvgIpc) is 2.63. The fourth-order valence-electron chi connectivity index (χ4n) is 1.12. The van der Waals surface area contributed by atoms with Crippen molar-refractivity contribution < 1.29 is 14.7 Å². The summed E-state index contributed by atoms with van der Waals surface area (Å²) in [6.07, 6.45) is 0. The third-order valence-electron chi connectivity index (χ3n) is 1.72. The van der Waals surface area contributed by atoms with Gasteiger partial charge in [-0.1, -0.05) is 33.6 Å². The average molecular weight is 291 g/mol. The second kappa shape index (κ2) is 3.51.